The molecule has 0 heterocycles. The van der Waals surface area contributed by atoms with Crippen LogP contribution in [0, 0.1) is 32.8 Å². The fraction of sp³-hybridized carbons (Fsp3) is 0.333. The zero-order valence-electron chi connectivity index (χ0n) is 10.5. The molecule has 1 aromatic carbocycles. The van der Waals surface area contributed by atoms with Crippen molar-refractivity contribution >= 4 is 17.1 Å². The Morgan fingerprint density at radius 1 is 1.37 bits per heavy atom. The van der Waals surface area contributed by atoms with Crippen LogP contribution in [0.5, 0.6) is 0 Å². The standard InChI is InChI=1S/C12H13N5O2/c1-2-15-10-4-3-5-11(12(10)17(18)19)16(8-6-13)9-7-14/h3-5,15H,2,8-9H2,1H3. The second kappa shape index (κ2) is 6.82. The molecule has 1 rings (SSSR count). The van der Waals surface area contributed by atoms with E-state index in [0.717, 1.165) is 0 Å². The molecular formula is C12H13N5O2. The zero-order chi connectivity index (χ0) is 14.3. The Bertz CT molecular complexity index is 528. The van der Waals surface area contributed by atoms with Crippen LogP contribution in [0.1, 0.15) is 6.92 Å². The number of nitro groups is 1. The van der Waals surface area contributed by atoms with Crippen molar-refractivity contribution < 1.29 is 4.92 Å². The fourth-order valence-electron chi connectivity index (χ4n) is 1.71. The van der Waals surface area contributed by atoms with Gasteiger partial charge in [-0.05, 0) is 19.1 Å². The lowest BCUT2D eigenvalue weighted by Crippen LogP contribution is -2.25. The first-order valence-electron chi connectivity index (χ1n) is 5.65. The van der Waals surface area contributed by atoms with E-state index in [0.29, 0.717) is 12.2 Å². The van der Waals surface area contributed by atoms with Crippen LogP contribution >= 0.6 is 0 Å². The molecule has 0 fully saturated rings. The molecule has 98 valence electrons. The second-order valence-corrected chi connectivity index (χ2v) is 3.63. The first kappa shape index (κ1) is 14.3. The number of benzene rings is 1. The maximum absolute atomic E-state index is 11.2. The number of anilines is 2. The molecule has 0 aliphatic carbocycles. The smallest absolute Gasteiger partial charge is 0.315 e. The molecule has 0 spiro atoms. The largest absolute Gasteiger partial charge is 0.380 e. The van der Waals surface area contributed by atoms with Gasteiger partial charge in [0.15, 0.2) is 0 Å². The molecule has 7 heteroatoms. The van der Waals surface area contributed by atoms with E-state index in [-0.39, 0.29) is 24.5 Å². The summed E-state index contributed by atoms with van der Waals surface area (Å²) >= 11 is 0. The lowest BCUT2D eigenvalue weighted by molar-refractivity contribution is -0.383. The lowest BCUT2D eigenvalue weighted by Gasteiger charge is -2.19. The van der Waals surface area contributed by atoms with Crippen LogP contribution in [0.3, 0.4) is 0 Å². The van der Waals surface area contributed by atoms with Crippen molar-refractivity contribution in [2.24, 2.45) is 0 Å². The van der Waals surface area contributed by atoms with Gasteiger partial charge in [-0.25, -0.2) is 0 Å². The molecule has 0 aromatic heterocycles. The maximum atomic E-state index is 11.2. The van der Waals surface area contributed by atoms with Gasteiger partial charge in [0, 0.05) is 6.54 Å². The molecule has 0 bridgehead atoms. The van der Waals surface area contributed by atoms with Gasteiger partial charge in [-0.3, -0.25) is 10.1 Å². The Labute approximate surface area is 110 Å². The predicted molar refractivity (Wildman–Crippen MR) is 70.7 cm³/mol. The quantitative estimate of drug-likeness (QED) is 0.475. The number of nitrogens with zero attached hydrogens (tertiary/aromatic N) is 4. The predicted octanol–water partition coefficient (Wildman–Crippen LogP) is 1.88. The monoisotopic (exact) mass is 259 g/mol. The summed E-state index contributed by atoms with van der Waals surface area (Å²) in [6, 6.07) is 8.59. The van der Waals surface area contributed by atoms with E-state index >= 15 is 0 Å². The van der Waals surface area contributed by atoms with Crippen LogP contribution in [0.25, 0.3) is 0 Å². The van der Waals surface area contributed by atoms with E-state index in [4.69, 9.17) is 10.5 Å². The zero-order valence-corrected chi connectivity index (χ0v) is 10.5. The van der Waals surface area contributed by atoms with Crippen molar-refractivity contribution in [1.29, 1.82) is 10.5 Å². The molecule has 7 nitrogen and oxygen atoms in total. The highest BCUT2D eigenvalue weighted by atomic mass is 16.6. The van der Waals surface area contributed by atoms with Gasteiger partial charge in [0.05, 0.1) is 17.1 Å². The number of hydrogen-bond donors (Lipinski definition) is 1. The molecule has 0 saturated carbocycles. The van der Waals surface area contributed by atoms with Crippen molar-refractivity contribution in [3.63, 3.8) is 0 Å². The summed E-state index contributed by atoms with van der Waals surface area (Å²) in [7, 11) is 0. The SMILES string of the molecule is CCNc1cccc(N(CC#N)CC#N)c1[N+](=O)[O-]. The molecule has 0 unspecified atom stereocenters. The third kappa shape index (κ3) is 3.33. The van der Waals surface area contributed by atoms with Gasteiger partial charge in [0.2, 0.25) is 0 Å². The average molecular weight is 259 g/mol. The van der Waals surface area contributed by atoms with Gasteiger partial charge in [-0.15, -0.1) is 0 Å². The molecule has 0 aliphatic heterocycles. The van der Waals surface area contributed by atoms with Gasteiger partial charge in [-0.2, -0.15) is 10.5 Å². The first-order chi connectivity index (χ1) is 9.15. The van der Waals surface area contributed by atoms with Gasteiger partial charge in [0.1, 0.15) is 24.5 Å². The third-order valence-corrected chi connectivity index (χ3v) is 2.43. The number of hydrogen-bond acceptors (Lipinski definition) is 6. The lowest BCUT2D eigenvalue weighted by atomic mass is 10.2. The van der Waals surface area contributed by atoms with E-state index in [1.807, 2.05) is 19.1 Å². The average Bonchev–Trinajstić information content (AvgIpc) is 2.38. The van der Waals surface area contributed by atoms with Gasteiger partial charge in [0.25, 0.3) is 0 Å². The Hall–Kier alpha value is -2.80. The minimum atomic E-state index is -0.505. The minimum absolute atomic E-state index is 0.0794. The summed E-state index contributed by atoms with van der Waals surface area (Å²) < 4.78 is 0. The minimum Gasteiger partial charge on any atom is -0.380 e. The Kier molecular flexibility index (Phi) is 5.12. The molecule has 1 N–H and O–H groups in total. The van der Waals surface area contributed by atoms with Crippen molar-refractivity contribution in [2.75, 3.05) is 29.9 Å². The molecular weight excluding hydrogens is 246 g/mol. The van der Waals surface area contributed by atoms with Gasteiger partial charge >= 0.3 is 5.69 Å². The number of para-hydroxylation sites is 1. The summed E-state index contributed by atoms with van der Waals surface area (Å²) in [6.07, 6.45) is 0. The summed E-state index contributed by atoms with van der Waals surface area (Å²) in [4.78, 5) is 12.1. The highest BCUT2D eigenvalue weighted by Crippen LogP contribution is 2.35. The Morgan fingerprint density at radius 3 is 2.47 bits per heavy atom. The highest BCUT2D eigenvalue weighted by Gasteiger charge is 2.23. The van der Waals surface area contributed by atoms with Crippen LogP contribution in [-0.2, 0) is 0 Å². The van der Waals surface area contributed by atoms with Crippen LogP contribution < -0.4 is 10.2 Å². The number of nitro benzene ring substituents is 1. The van der Waals surface area contributed by atoms with E-state index in [9.17, 15) is 10.1 Å². The second-order valence-electron chi connectivity index (χ2n) is 3.63. The molecule has 19 heavy (non-hydrogen) atoms. The van der Waals surface area contributed by atoms with Crippen molar-refractivity contribution in [2.45, 2.75) is 6.92 Å². The Balaban J connectivity index is 3.32. The first-order valence-corrected chi connectivity index (χ1v) is 5.65. The van der Waals surface area contributed by atoms with E-state index in [1.54, 1.807) is 12.1 Å². The van der Waals surface area contributed by atoms with Crippen molar-refractivity contribution in [1.82, 2.24) is 0 Å². The highest BCUT2D eigenvalue weighted by molar-refractivity contribution is 5.77. The molecule has 0 amide bonds. The van der Waals surface area contributed by atoms with Crippen LogP contribution in [0.4, 0.5) is 17.1 Å². The van der Waals surface area contributed by atoms with Gasteiger partial charge in [-0.1, -0.05) is 6.07 Å². The maximum Gasteiger partial charge on any atom is 0.315 e. The summed E-state index contributed by atoms with van der Waals surface area (Å²) in [5, 5.41) is 31.6. The third-order valence-electron chi connectivity index (χ3n) is 2.43. The van der Waals surface area contributed by atoms with Gasteiger partial charge < -0.3 is 10.2 Å². The Morgan fingerprint density at radius 2 is 2.00 bits per heavy atom. The topological polar surface area (TPSA) is 106 Å². The van der Waals surface area contributed by atoms with Crippen LogP contribution in [0.15, 0.2) is 18.2 Å². The molecule has 0 atom stereocenters. The summed E-state index contributed by atoms with van der Waals surface area (Å²) in [6.45, 7) is 2.22. The normalized spacial score (nSPS) is 9.21. The molecule has 1 aromatic rings. The molecule has 0 saturated heterocycles. The van der Waals surface area contributed by atoms with E-state index in [2.05, 4.69) is 5.32 Å². The van der Waals surface area contributed by atoms with Crippen molar-refractivity contribution in [3.05, 3.63) is 28.3 Å². The molecule has 0 aliphatic rings. The van der Waals surface area contributed by atoms with Crippen molar-refractivity contribution in [3.8, 4) is 12.1 Å². The number of nitriles is 2. The fourth-order valence-corrected chi connectivity index (χ4v) is 1.71. The molecule has 0 radical (unpaired) electrons. The van der Waals surface area contributed by atoms with Crippen LogP contribution in [0.2, 0.25) is 0 Å². The van der Waals surface area contributed by atoms with E-state index in [1.165, 1.54) is 11.0 Å². The van der Waals surface area contributed by atoms with Crippen LogP contribution in [-0.4, -0.2) is 24.6 Å². The number of rotatable bonds is 6. The van der Waals surface area contributed by atoms with E-state index < -0.39 is 4.92 Å². The number of nitrogens with one attached hydrogen (secondary N) is 1. The summed E-state index contributed by atoms with van der Waals surface area (Å²) in [5.74, 6) is 0. The summed E-state index contributed by atoms with van der Waals surface area (Å²) in [5.41, 5.74) is 0.535.